The summed E-state index contributed by atoms with van der Waals surface area (Å²) in [7, 11) is 0. The molecular formula is C13H19ClN6. The summed E-state index contributed by atoms with van der Waals surface area (Å²) in [4.78, 5) is 9.22. The van der Waals surface area contributed by atoms with Crippen molar-refractivity contribution in [2.24, 2.45) is 0 Å². The van der Waals surface area contributed by atoms with Crippen LogP contribution < -0.4 is 4.90 Å². The number of alkyl halides is 1. The number of aromatic nitrogens is 4. The molecule has 0 bridgehead atoms. The highest BCUT2D eigenvalue weighted by atomic mass is 35.5. The van der Waals surface area contributed by atoms with Crippen LogP contribution in [-0.4, -0.2) is 63.1 Å². The summed E-state index contributed by atoms with van der Waals surface area (Å²) in [6.07, 6.45) is 4.85. The fourth-order valence-electron chi connectivity index (χ4n) is 2.68. The van der Waals surface area contributed by atoms with Gasteiger partial charge in [0.1, 0.15) is 5.82 Å². The van der Waals surface area contributed by atoms with Gasteiger partial charge in [-0.2, -0.15) is 0 Å². The molecule has 1 fully saturated rings. The molecule has 0 unspecified atom stereocenters. The van der Waals surface area contributed by atoms with Crippen LogP contribution >= 0.6 is 11.6 Å². The molecule has 1 aliphatic heterocycles. The summed E-state index contributed by atoms with van der Waals surface area (Å²) >= 11 is 5.83. The Bertz CT molecular complexity index is 583. The zero-order valence-electron chi connectivity index (χ0n) is 11.7. The van der Waals surface area contributed by atoms with Gasteiger partial charge < -0.3 is 9.80 Å². The van der Waals surface area contributed by atoms with Crippen molar-refractivity contribution in [1.29, 1.82) is 0 Å². The Balaban J connectivity index is 1.84. The van der Waals surface area contributed by atoms with E-state index in [4.69, 9.17) is 11.6 Å². The van der Waals surface area contributed by atoms with Crippen molar-refractivity contribution >= 4 is 23.1 Å². The van der Waals surface area contributed by atoms with Crippen molar-refractivity contribution in [2.45, 2.75) is 13.3 Å². The summed E-state index contributed by atoms with van der Waals surface area (Å²) < 4.78 is 1.99. The molecule has 0 atom stereocenters. The molecule has 20 heavy (non-hydrogen) atoms. The summed E-state index contributed by atoms with van der Waals surface area (Å²) in [6, 6.07) is 0. The molecule has 3 rings (SSSR count). The molecular weight excluding hydrogens is 276 g/mol. The van der Waals surface area contributed by atoms with Gasteiger partial charge in [-0.3, -0.25) is 4.40 Å². The first-order valence-electron chi connectivity index (χ1n) is 6.99. The van der Waals surface area contributed by atoms with E-state index in [-0.39, 0.29) is 0 Å². The van der Waals surface area contributed by atoms with E-state index >= 15 is 0 Å². The molecule has 0 aromatic carbocycles. The van der Waals surface area contributed by atoms with Crippen molar-refractivity contribution in [3.63, 3.8) is 0 Å². The Kier molecular flexibility index (Phi) is 4.03. The molecule has 0 aliphatic carbocycles. The second-order valence-corrected chi connectivity index (χ2v) is 5.44. The Morgan fingerprint density at radius 1 is 1.20 bits per heavy atom. The van der Waals surface area contributed by atoms with Crippen molar-refractivity contribution in [1.82, 2.24) is 24.5 Å². The zero-order chi connectivity index (χ0) is 13.9. The molecule has 0 saturated carbocycles. The number of hydrogen-bond donors (Lipinski definition) is 0. The van der Waals surface area contributed by atoms with E-state index in [2.05, 4.69) is 25.0 Å². The van der Waals surface area contributed by atoms with Crippen LogP contribution in [0.2, 0.25) is 0 Å². The first-order valence-corrected chi connectivity index (χ1v) is 7.52. The minimum Gasteiger partial charge on any atom is -0.352 e. The van der Waals surface area contributed by atoms with E-state index in [0.717, 1.165) is 56.4 Å². The third kappa shape index (κ3) is 2.58. The first kappa shape index (κ1) is 13.6. The molecule has 108 valence electrons. The van der Waals surface area contributed by atoms with Crippen LogP contribution in [0.15, 0.2) is 12.4 Å². The predicted octanol–water partition coefficient (Wildman–Crippen LogP) is 1.18. The lowest BCUT2D eigenvalue weighted by Gasteiger charge is -2.22. The highest BCUT2D eigenvalue weighted by molar-refractivity contribution is 6.18. The van der Waals surface area contributed by atoms with Crippen molar-refractivity contribution in [3.8, 4) is 0 Å². The fourth-order valence-corrected chi connectivity index (χ4v) is 2.92. The second kappa shape index (κ2) is 5.93. The zero-order valence-corrected chi connectivity index (χ0v) is 12.4. The molecule has 2 aromatic heterocycles. The summed E-state index contributed by atoms with van der Waals surface area (Å²) in [6.45, 7) is 6.97. The molecule has 1 aliphatic rings. The maximum absolute atomic E-state index is 5.83. The minimum atomic E-state index is 0.692. The standard InChI is InChI=1S/C13H19ClN6/c1-11-16-17-13-12(15-4-8-20(11)13)19-6-2-5-18(7-3-14)9-10-19/h4,8H,2-3,5-7,9-10H2,1H3. The van der Waals surface area contributed by atoms with Gasteiger partial charge in [-0.05, 0) is 19.9 Å². The lowest BCUT2D eigenvalue weighted by Crippen LogP contribution is -2.32. The maximum atomic E-state index is 5.83. The van der Waals surface area contributed by atoms with Crippen LogP contribution in [0.4, 0.5) is 5.82 Å². The van der Waals surface area contributed by atoms with Crippen LogP contribution in [0, 0.1) is 6.92 Å². The number of hydrogen-bond acceptors (Lipinski definition) is 5. The van der Waals surface area contributed by atoms with E-state index in [0.29, 0.717) is 5.88 Å². The largest absolute Gasteiger partial charge is 0.352 e. The van der Waals surface area contributed by atoms with Crippen LogP contribution in [-0.2, 0) is 0 Å². The smallest absolute Gasteiger partial charge is 0.203 e. The fraction of sp³-hybridized carbons (Fsp3) is 0.615. The highest BCUT2D eigenvalue weighted by Crippen LogP contribution is 2.19. The first-order chi connectivity index (χ1) is 9.79. The van der Waals surface area contributed by atoms with Crippen LogP contribution in [0.3, 0.4) is 0 Å². The van der Waals surface area contributed by atoms with E-state index in [1.165, 1.54) is 0 Å². The van der Waals surface area contributed by atoms with Crippen molar-refractivity contribution < 1.29 is 0 Å². The quantitative estimate of drug-likeness (QED) is 0.796. The lowest BCUT2D eigenvalue weighted by molar-refractivity contribution is 0.311. The lowest BCUT2D eigenvalue weighted by atomic mass is 10.4. The van der Waals surface area contributed by atoms with Gasteiger partial charge in [0, 0.05) is 44.5 Å². The molecule has 0 N–H and O–H groups in total. The van der Waals surface area contributed by atoms with Crippen molar-refractivity contribution in [2.75, 3.05) is 43.5 Å². The van der Waals surface area contributed by atoms with Crippen LogP contribution in [0.5, 0.6) is 0 Å². The third-order valence-corrected chi connectivity index (χ3v) is 3.94. The average Bonchev–Trinajstić information content (AvgIpc) is 2.70. The van der Waals surface area contributed by atoms with Gasteiger partial charge in [0.25, 0.3) is 0 Å². The van der Waals surface area contributed by atoms with E-state index in [1.54, 1.807) is 0 Å². The molecule has 2 aromatic rings. The average molecular weight is 295 g/mol. The summed E-state index contributed by atoms with van der Waals surface area (Å²) in [5, 5.41) is 8.39. The minimum absolute atomic E-state index is 0.692. The molecule has 6 nitrogen and oxygen atoms in total. The number of fused-ring (bicyclic) bond motifs is 1. The molecule has 0 spiro atoms. The van der Waals surface area contributed by atoms with Gasteiger partial charge in [0.05, 0.1) is 0 Å². The normalized spacial score (nSPS) is 17.6. The van der Waals surface area contributed by atoms with Gasteiger partial charge >= 0.3 is 0 Å². The number of nitrogens with zero attached hydrogens (tertiary/aromatic N) is 6. The van der Waals surface area contributed by atoms with Gasteiger partial charge in [-0.15, -0.1) is 21.8 Å². The SMILES string of the molecule is Cc1nnc2c(N3CCCN(CCCl)CC3)nccn12. The number of anilines is 1. The number of halogens is 1. The van der Waals surface area contributed by atoms with Gasteiger partial charge in [-0.1, -0.05) is 0 Å². The summed E-state index contributed by atoms with van der Waals surface area (Å²) in [5.74, 6) is 2.51. The topological polar surface area (TPSA) is 49.6 Å². The third-order valence-electron chi connectivity index (χ3n) is 3.77. The Morgan fingerprint density at radius 2 is 2.10 bits per heavy atom. The van der Waals surface area contributed by atoms with Gasteiger partial charge in [0.2, 0.25) is 5.65 Å². The molecule has 3 heterocycles. The van der Waals surface area contributed by atoms with Gasteiger partial charge in [-0.25, -0.2) is 4.98 Å². The Hall–Kier alpha value is -1.40. The van der Waals surface area contributed by atoms with Crippen LogP contribution in [0.1, 0.15) is 12.2 Å². The maximum Gasteiger partial charge on any atom is 0.203 e. The van der Waals surface area contributed by atoms with Crippen LogP contribution in [0.25, 0.3) is 5.65 Å². The molecule has 1 saturated heterocycles. The molecule has 7 heteroatoms. The van der Waals surface area contributed by atoms with Gasteiger partial charge in [0.15, 0.2) is 5.82 Å². The Labute approximate surface area is 123 Å². The monoisotopic (exact) mass is 294 g/mol. The van der Waals surface area contributed by atoms with Crippen molar-refractivity contribution in [3.05, 3.63) is 18.2 Å². The highest BCUT2D eigenvalue weighted by Gasteiger charge is 2.19. The summed E-state index contributed by atoms with van der Waals surface area (Å²) in [5.41, 5.74) is 0.843. The van der Waals surface area contributed by atoms with E-state index < -0.39 is 0 Å². The Morgan fingerprint density at radius 3 is 2.95 bits per heavy atom. The second-order valence-electron chi connectivity index (χ2n) is 5.06. The predicted molar refractivity (Wildman–Crippen MR) is 79.5 cm³/mol. The van der Waals surface area contributed by atoms with E-state index in [1.807, 2.05) is 23.7 Å². The molecule has 0 amide bonds. The van der Waals surface area contributed by atoms with E-state index in [9.17, 15) is 0 Å². The molecule has 0 radical (unpaired) electrons. The number of aryl methyl sites for hydroxylation is 1. The number of rotatable bonds is 3.